The van der Waals surface area contributed by atoms with Crippen molar-refractivity contribution in [3.05, 3.63) is 65.5 Å². The van der Waals surface area contributed by atoms with Gasteiger partial charge in [-0.25, -0.2) is 9.40 Å². The Morgan fingerprint density at radius 1 is 1.18 bits per heavy atom. The first-order valence-corrected chi connectivity index (χ1v) is 11.7. The molecule has 0 bridgehead atoms. The molecule has 0 radical (unpaired) electrons. The van der Waals surface area contributed by atoms with Crippen molar-refractivity contribution in [2.75, 3.05) is 33.4 Å². The van der Waals surface area contributed by atoms with E-state index >= 15 is 0 Å². The van der Waals surface area contributed by atoms with Crippen LogP contribution < -0.4 is 4.74 Å². The number of nitrogens with zero attached hydrogens (tertiary/aromatic N) is 3. The number of rotatable bonds is 7. The van der Waals surface area contributed by atoms with E-state index < -0.39 is 6.04 Å². The number of carbonyl (C=O) groups is 2. The fraction of sp³-hybridized carbons (Fsp3) is 0.423. The van der Waals surface area contributed by atoms with Gasteiger partial charge in [0.1, 0.15) is 11.6 Å². The topological polar surface area (TPSA) is 71.4 Å². The summed E-state index contributed by atoms with van der Waals surface area (Å²) < 4.78 is 24.7. The van der Waals surface area contributed by atoms with Gasteiger partial charge in [-0.15, -0.1) is 0 Å². The SMILES string of the molecule is CCOC(=O)[C@H]1CCCN(CC(=O)N2N=C(c3ccccc3OC)C[C@@H]2c2cccc(F)c2)C1. The van der Waals surface area contributed by atoms with Gasteiger partial charge < -0.3 is 9.47 Å². The van der Waals surface area contributed by atoms with E-state index in [0.717, 1.165) is 24.9 Å². The molecule has 2 aromatic carbocycles. The largest absolute Gasteiger partial charge is 0.496 e. The Labute approximate surface area is 199 Å². The minimum atomic E-state index is -0.422. The maximum atomic E-state index is 14.0. The monoisotopic (exact) mass is 467 g/mol. The molecule has 7 nitrogen and oxygen atoms in total. The van der Waals surface area contributed by atoms with E-state index in [-0.39, 0.29) is 30.2 Å². The van der Waals surface area contributed by atoms with E-state index in [1.165, 1.54) is 17.1 Å². The highest BCUT2D eigenvalue weighted by molar-refractivity contribution is 6.05. The molecule has 8 heteroatoms. The Bertz CT molecular complexity index is 1070. The van der Waals surface area contributed by atoms with Gasteiger partial charge in [-0.05, 0) is 56.1 Å². The lowest BCUT2D eigenvalue weighted by atomic mass is 9.97. The van der Waals surface area contributed by atoms with Crippen molar-refractivity contribution in [3.63, 3.8) is 0 Å². The Hall–Kier alpha value is -3.26. The molecule has 180 valence electrons. The molecule has 34 heavy (non-hydrogen) atoms. The van der Waals surface area contributed by atoms with Crippen LogP contribution in [-0.2, 0) is 14.3 Å². The van der Waals surface area contributed by atoms with Gasteiger partial charge in [0.05, 0.1) is 37.9 Å². The van der Waals surface area contributed by atoms with E-state index in [0.29, 0.717) is 36.6 Å². The summed E-state index contributed by atoms with van der Waals surface area (Å²) in [5.41, 5.74) is 2.20. The Balaban J connectivity index is 1.57. The zero-order chi connectivity index (χ0) is 24.1. The number of benzene rings is 2. The van der Waals surface area contributed by atoms with Crippen molar-refractivity contribution < 1.29 is 23.5 Å². The third-order valence-corrected chi connectivity index (χ3v) is 6.30. The molecule has 2 aliphatic rings. The Morgan fingerprint density at radius 2 is 2.00 bits per heavy atom. The van der Waals surface area contributed by atoms with Crippen LogP contribution in [-0.4, -0.2) is 60.8 Å². The average Bonchev–Trinajstić information content (AvgIpc) is 3.30. The van der Waals surface area contributed by atoms with Crippen molar-refractivity contribution in [1.29, 1.82) is 0 Å². The summed E-state index contributed by atoms with van der Waals surface area (Å²) >= 11 is 0. The fourth-order valence-corrected chi connectivity index (χ4v) is 4.67. The second-order valence-electron chi connectivity index (χ2n) is 8.59. The first kappa shape index (κ1) is 23.9. The number of methoxy groups -OCH3 is 1. The number of likely N-dealkylation sites (tertiary alicyclic amines) is 1. The number of carbonyl (C=O) groups excluding carboxylic acids is 2. The standard InChI is InChI=1S/C26H30FN3O4/c1-3-34-26(32)19-9-7-13-29(16-19)17-25(31)30-23(18-8-6-10-20(27)14-18)15-22(28-30)21-11-4-5-12-24(21)33-2/h4-6,8,10-12,14,19,23H,3,7,9,13,15-17H2,1-2H3/t19-,23+/m0/s1. The van der Waals surface area contributed by atoms with Gasteiger partial charge in [0.15, 0.2) is 0 Å². The summed E-state index contributed by atoms with van der Waals surface area (Å²) in [5, 5.41) is 6.15. The van der Waals surface area contributed by atoms with Gasteiger partial charge >= 0.3 is 5.97 Å². The summed E-state index contributed by atoms with van der Waals surface area (Å²) in [4.78, 5) is 27.6. The van der Waals surface area contributed by atoms with Crippen molar-refractivity contribution in [3.8, 4) is 5.75 Å². The summed E-state index contributed by atoms with van der Waals surface area (Å²) in [6.07, 6.45) is 2.02. The molecule has 0 spiro atoms. The summed E-state index contributed by atoms with van der Waals surface area (Å²) in [7, 11) is 1.59. The third-order valence-electron chi connectivity index (χ3n) is 6.30. The second kappa shape index (κ2) is 10.8. The number of esters is 1. The molecule has 1 saturated heterocycles. The Morgan fingerprint density at radius 3 is 2.76 bits per heavy atom. The van der Waals surface area contributed by atoms with Gasteiger partial charge in [-0.3, -0.25) is 14.5 Å². The number of amides is 1. The van der Waals surface area contributed by atoms with Crippen LogP contribution in [0.4, 0.5) is 4.39 Å². The summed E-state index contributed by atoms with van der Waals surface area (Å²) in [5.74, 6) is -0.323. The molecule has 1 amide bonds. The van der Waals surface area contributed by atoms with Gasteiger partial charge in [-0.1, -0.05) is 24.3 Å². The normalized spacial score (nSPS) is 20.7. The van der Waals surface area contributed by atoms with Gasteiger partial charge in [0.2, 0.25) is 0 Å². The second-order valence-corrected chi connectivity index (χ2v) is 8.59. The summed E-state index contributed by atoms with van der Waals surface area (Å²) in [6, 6.07) is 13.4. The molecule has 2 aliphatic heterocycles. The number of hydrogen-bond acceptors (Lipinski definition) is 6. The number of ether oxygens (including phenoxy) is 2. The van der Waals surface area contributed by atoms with Crippen molar-refractivity contribution in [2.45, 2.75) is 32.2 Å². The minimum absolute atomic E-state index is 0.129. The van der Waals surface area contributed by atoms with Gasteiger partial charge in [0, 0.05) is 18.5 Å². The van der Waals surface area contributed by atoms with Crippen LogP contribution in [0.3, 0.4) is 0 Å². The zero-order valence-electron chi connectivity index (χ0n) is 19.6. The predicted molar refractivity (Wildman–Crippen MR) is 126 cm³/mol. The van der Waals surface area contributed by atoms with Gasteiger partial charge in [-0.2, -0.15) is 5.10 Å². The van der Waals surface area contributed by atoms with E-state index in [9.17, 15) is 14.0 Å². The number of halogens is 1. The van der Waals surface area contributed by atoms with E-state index in [1.807, 2.05) is 35.2 Å². The number of hydrogen-bond donors (Lipinski definition) is 0. The van der Waals surface area contributed by atoms with Crippen molar-refractivity contribution in [1.82, 2.24) is 9.91 Å². The van der Waals surface area contributed by atoms with Crippen LogP contribution >= 0.6 is 0 Å². The smallest absolute Gasteiger partial charge is 0.310 e. The molecule has 0 aromatic heterocycles. The van der Waals surface area contributed by atoms with E-state index in [1.54, 1.807) is 20.1 Å². The highest BCUT2D eigenvalue weighted by Gasteiger charge is 2.36. The van der Waals surface area contributed by atoms with E-state index in [2.05, 4.69) is 5.10 Å². The fourth-order valence-electron chi connectivity index (χ4n) is 4.67. The van der Waals surface area contributed by atoms with Crippen molar-refractivity contribution >= 4 is 17.6 Å². The van der Waals surface area contributed by atoms with Crippen LogP contribution in [0.2, 0.25) is 0 Å². The van der Waals surface area contributed by atoms with Gasteiger partial charge in [0.25, 0.3) is 5.91 Å². The molecule has 0 N–H and O–H groups in total. The molecule has 2 aromatic rings. The lowest BCUT2D eigenvalue weighted by Gasteiger charge is -2.32. The van der Waals surface area contributed by atoms with Crippen LogP contribution in [0.15, 0.2) is 53.6 Å². The number of piperidine rings is 1. The quantitative estimate of drug-likeness (QED) is 0.580. The van der Waals surface area contributed by atoms with Crippen LogP contribution in [0, 0.1) is 11.7 Å². The summed E-state index contributed by atoms with van der Waals surface area (Å²) in [6.45, 7) is 3.47. The predicted octanol–water partition coefficient (Wildman–Crippen LogP) is 3.79. The third kappa shape index (κ3) is 5.28. The molecule has 2 atom stereocenters. The molecule has 2 heterocycles. The minimum Gasteiger partial charge on any atom is -0.496 e. The Kier molecular flexibility index (Phi) is 7.57. The highest BCUT2D eigenvalue weighted by Crippen LogP contribution is 2.35. The zero-order valence-corrected chi connectivity index (χ0v) is 19.6. The molecule has 1 fully saturated rings. The average molecular weight is 468 g/mol. The van der Waals surface area contributed by atoms with Crippen LogP contribution in [0.25, 0.3) is 0 Å². The molecular formula is C26H30FN3O4. The molecule has 0 unspecified atom stereocenters. The molecule has 0 aliphatic carbocycles. The lowest BCUT2D eigenvalue weighted by molar-refractivity contribution is -0.150. The first-order chi connectivity index (χ1) is 16.5. The number of para-hydroxylation sites is 1. The maximum absolute atomic E-state index is 14.0. The maximum Gasteiger partial charge on any atom is 0.310 e. The van der Waals surface area contributed by atoms with Crippen LogP contribution in [0.1, 0.15) is 43.4 Å². The highest BCUT2D eigenvalue weighted by atomic mass is 19.1. The van der Waals surface area contributed by atoms with Crippen LogP contribution in [0.5, 0.6) is 5.75 Å². The van der Waals surface area contributed by atoms with Crippen molar-refractivity contribution in [2.24, 2.45) is 11.0 Å². The van der Waals surface area contributed by atoms with E-state index in [4.69, 9.17) is 9.47 Å². The number of hydrazone groups is 1. The molecular weight excluding hydrogens is 437 g/mol. The first-order valence-electron chi connectivity index (χ1n) is 11.7. The molecule has 0 saturated carbocycles. The lowest BCUT2D eigenvalue weighted by Crippen LogP contribution is -2.44. The molecule has 4 rings (SSSR count).